The van der Waals surface area contributed by atoms with Crippen LogP contribution in [0.1, 0.15) is 16.7 Å². The second-order valence-electron chi connectivity index (χ2n) is 7.34. The highest BCUT2D eigenvalue weighted by Crippen LogP contribution is 2.29. The van der Waals surface area contributed by atoms with Crippen molar-refractivity contribution in [1.29, 1.82) is 5.26 Å². The summed E-state index contributed by atoms with van der Waals surface area (Å²) >= 11 is 0. The number of rotatable bonds is 7. The number of morpholine rings is 1. The molecule has 1 aliphatic rings. The maximum atomic E-state index is 9.24. The lowest BCUT2D eigenvalue weighted by molar-refractivity contribution is 0.122. The van der Waals surface area contributed by atoms with Gasteiger partial charge in [-0.2, -0.15) is 5.26 Å². The fourth-order valence-electron chi connectivity index (χ4n) is 3.51. The predicted molar refractivity (Wildman–Crippen MR) is 125 cm³/mol. The Morgan fingerprint density at radius 1 is 1.03 bits per heavy atom. The van der Waals surface area contributed by atoms with E-state index >= 15 is 0 Å². The zero-order chi connectivity index (χ0) is 22.2. The number of benzene rings is 3. The van der Waals surface area contributed by atoms with Crippen molar-refractivity contribution in [3.8, 4) is 17.6 Å². The molecule has 0 spiro atoms. The first-order valence-corrected chi connectivity index (χ1v) is 10.5. The third-order valence-corrected chi connectivity index (χ3v) is 5.30. The Bertz CT molecular complexity index is 1110. The summed E-state index contributed by atoms with van der Waals surface area (Å²) < 4.78 is 16.8. The van der Waals surface area contributed by atoms with Crippen LogP contribution in [0, 0.1) is 11.3 Å². The number of ether oxygens (including phenoxy) is 3. The van der Waals surface area contributed by atoms with Crippen molar-refractivity contribution < 1.29 is 14.2 Å². The van der Waals surface area contributed by atoms with Crippen LogP contribution in [-0.4, -0.2) is 39.6 Å². The number of anilines is 1. The molecule has 0 atom stereocenters. The minimum absolute atomic E-state index is 0.295. The maximum absolute atomic E-state index is 9.24. The lowest BCUT2D eigenvalue weighted by Gasteiger charge is -2.28. The summed E-state index contributed by atoms with van der Waals surface area (Å²) in [7, 11) is 1.61. The van der Waals surface area contributed by atoms with Crippen molar-refractivity contribution in [1.82, 2.24) is 0 Å². The van der Waals surface area contributed by atoms with Crippen molar-refractivity contribution in [2.45, 2.75) is 6.61 Å². The fraction of sp³-hybridized carbons (Fsp3) is 0.231. The molecular weight excluding hydrogens is 402 g/mol. The Morgan fingerprint density at radius 2 is 1.81 bits per heavy atom. The van der Waals surface area contributed by atoms with Crippen molar-refractivity contribution in [2.75, 3.05) is 38.3 Å². The van der Waals surface area contributed by atoms with E-state index in [9.17, 15) is 5.26 Å². The highest BCUT2D eigenvalue weighted by molar-refractivity contribution is 5.83. The third-order valence-electron chi connectivity index (χ3n) is 5.30. The first kappa shape index (κ1) is 21.4. The molecule has 1 heterocycles. The molecule has 0 bridgehead atoms. The zero-order valence-corrected chi connectivity index (χ0v) is 18.0. The van der Waals surface area contributed by atoms with Crippen LogP contribution in [0.2, 0.25) is 0 Å². The smallest absolute Gasteiger partial charge is 0.161 e. The third kappa shape index (κ3) is 5.26. The monoisotopic (exact) mass is 427 g/mol. The first-order chi connectivity index (χ1) is 15.8. The van der Waals surface area contributed by atoms with Gasteiger partial charge < -0.3 is 19.1 Å². The summed E-state index contributed by atoms with van der Waals surface area (Å²) in [5.74, 6) is 1.23. The van der Waals surface area contributed by atoms with Gasteiger partial charge >= 0.3 is 0 Å². The van der Waals surface area contributed by atoms with Gasteiger partial charge in [0.25, 0.3) is 0 Å². The van der Waals surface area contributed by atoms with E-state index in [2.05, 4.69) is 28.1 Å². The van der Waals surface area contributed by atoms with E-state index in [0.717, 1.165) is 43.1 Å². The highest BCUT2D eigenvalue weighted by Gasteiger charge is 2.11. The largest absolute Gasteiger partial charge is 0.493 e. The van der Waals surface area contributed by atoms with E-state index in [1.165, 1.54) is 5.69 Å². The van der Waals surface area contributed by atoms with E-state index in [4.69, 9.17) is 14.2 Å². The Labute approximate surface area is 188 Å². The van der Waals surface area contributed by atoms with E-state index in [-0.39, 0.29) is 0 Å². The van der Waals surface area contributed by atoms with Crippen molar-refractivity contribution >= 4 is 17.6 Å². The highest BCUT2D eigenvalue weighted by atomic mass is 16.5. The van der Waals surface area contributed by atoms with Crippen LogP contribution in [0.5, 0.6) is 11.5 Å². The molecule has 0 saturated carbocycles. The molecule has 0 aliphatic carbocycles. The molecule has 1 aliphatic heterocycles. The Morgan fingerprint density at radius 3 is 2.56 bits per heavy atom. The van der Waals surface area contributed by atoms with Gasteiger partial charge in [0.1, 0.15) is 6.61 Å². The summed E-state index contributed by atoms with van der Waals surface area (Å²) in [5.41, 5.74) is 4.42. The SMILES string of the molecule is COc1cc(C=Nc2ccc(N3CCOCC3)cc2)ccc1OCc1ccccc1C#N. The number of hydrogen-bond donors (Lipinski definition) is 0. The minimum Gasteiger partial charge on any atom is -0.493 e. The van der Waals surface area contributed by atoms with Crippen LogP contribution >= 0.6 is 0 Å². The number of nitriles is 1. The topological polar surface area (TPSA) is 67.1 Å². The molecule has 0 unspecified atom stereocenters. The van der Waals surface area contributed by atoms with E-state index < -0.39 is 0 Å². The molecule has 4 rings (SSSR count). The van der Waals surface area contributed by atoms with Crippen LogP contribution < -0.4 is 14.4 Å². The first-order valence-electron chi connectivity index (χ1n) is 10.5. The Kier molecular flexibility index (Phi) is 7.01. The molecule has 1 fully saturated rings. The van der Waals surface area contributed by atoms with Crippen molar-refractivity contribution in [2.24, 2.45) is 4.99 Å². The van der Waals surface area contributed by atoms with Gasteiger partial charge in [0, 0.05) is 30.6 Å². The predicted octanol–water partition coefficient (Wildman–Crippen LogP) is 4.73. The lowest BCUT2D eigenvalue weighted by Crippen LogP contribution is -2.36. The van der Waals surface area contributed by atoms with Gasteiger partial charge in [0.05, 0.1) is 37.6 Å². The molecule has 0 aromatic heterocycles. The summed E-state index contributed by atoms with van der Waals surface area (Å²) in [6.07, 6.45) is 1.81. The molecule has 0 amide bonds. The van der Waals surface area contributed by atoms with Gasteiger partial charge in [0.2, 0.25) is 0 Å². The van der Waals surface area contributed by atoms with Crippen molar-refractivity contribution in [3.63, 3.8) is 0 Å². The molecule has 6 heteroatoms. The molecular formula is C26H25N3O3. The van der Waals surface area contributed by atoms with Gasteiger partial charge in [-0.3, -0.25) is 4.99 Å². The minimum atomic E-state index is 0.295. The molecule has 0 N–H and O–H groups in total. The fourth-order valence-corrected chi connectivity index (χ4v) is 3.51. The quantitative estimate of drug-likeness (QED) is 0.510. The summed E-state index contributed by atoms with van der Waals surface area (Å²) in [4.78, 5) is 6.90. The normalized spacial score (nSPS) is 13.7. The Balaban J connectivity index is 1.42. The molecule has 0 radical (unpaired) electrons. The maximum Gasteiger partial charge on any atom is 0.161 e. The summed E-state index contributed by atoms with van der Waals surface area (Å²) in [5, 5.41) is 9.24. The van der Waals surface area contributed by atoms with Gasteiger partial charge in [-0.25, -0.2) is 0 Å². The van der Waals surface area contributed by atoms with E-state index in [0.29, 0.717) is 23.7 Å². The molecule has 1 saturated heterocycles. The number of methoxy groups -OCH3 is 1. The van der Waals surface area contributed by atoms with Gasteiger partial charge in [-0.1, -0.05) is 18.2 Å². The van der Waals surface area contributed by atoms with Crippen LogP contribution in [0.25, 0.3) is 0 Å². The number of hydrogen-bond acceptors (Lipinski definition) is 6. The molecule has 3 aromatic rings. The Hall–Kier alpha value is -3.82. The van der Waals surface area contributed by atoms with E-state index in [1.54, 1.807) is 19.4 Å². The summed E-state index contributed by atoms with van der Waals surface area (Å²) in [6, 6.07) is 23.5. The van der Waals surface area contributed by atoms with E-state index in [1.807, 2.05) is 48.5 Å². The van der Waals surface area contributed by atoms with Gasteiger partial charge in [0.15, 0.2) is 11.5 Å². The zero-order valence-electron chi connectivity index (χ0n) is 18.0. The van der Waals surface area contributed by atoms with Gasteiger partial charge in [-0.15, -0.1) is 0 Å². The second kappa shape index (κ2) is 10.5. The van der Waals surface area contributed by atoms with Crippen molar-refractivity contribution in [3.05, 3.63) is 83.4 Å². The average molecular weight is 428 g/mol. The summed E-state index contributed by atoms with van der Waals surface area (Å²) in [6.45, 7) is 3.67. The van der Waals surface area contributed by atoms with Crippen LogP contribution in [0.15, 0.2) is 71.7 Å². The molecule has 6 nitrogen and oxygen atoms in total. The van der Waals surface area contributed by atoms with Crippen LogP contribution in [0.3, 0.4) is 0 Å². The second-order valence-corrected chi connectivity index (χ2v) is 7.34. The molecule has 162 valence electrons. The van der Waals surface area contributed by atoms with Crippen LogP contribution in [-0.2, 0) is 11.3 Å². The number of nitrogens with zero attached hydrogens (tertiary/aromatic N) is 3. The average Bonchev–Trinajstić information content (AvgIpc) is 2.87. The number of aliphatic imine (C=N–C) groups is 1. The standard InChI is InChI=1S/C26H25N3O3/c1-30-26-16-20(6-11-25(26)32-19-22-5-3-2-4-21(22)17-27)18-28-23-7-9-24(10-8-23)29-12-14-31-15-13-29/h2-11,16,18H,12-15,19H2,1H3. The lowest BCUT2D eigenvalue weighted by atomic mass is 10.1. The van der Waals surface area contributed by atoms with Crippen LogP contribution in [0.4, 0.5) is 11.4 Å². The molecule has 3 aromatic carbocycles. The molecule has 32 heavy (non-hydrogen) atoms. The van der Waals surface area contributed by atoms with Gasteiger partial charge in [-0.05, 0) is 54.1 Å².